The van der Waals surface area contributed by atoms with Crippen molar-refractivity contribution >= 4 is 36.4 Å². The minimum atomic E-state index is -2.85. The third-order valence-corrected chi connectivity index (χ3v) is 3.43. The Morgan fingerprint density at radius 1 is 1.22 bits per heavy atom. The lowest BCUT2D eigenvalue weighted by molar-refractivity contribution is -0.121. The van der Waals surface area contributed by atoms with Gasteiger partial charge in [0.1, 0.15) is 5.75 Å². The summed E-state index contributed by atoms with van der Waals surface area (Å²) in [6.07, 6.45) is 0. The van der Waals surface area contributed by atoms with Crippen LogP contribution in [0.2, 0.25) is 0 Å². The van der Waals surface area contributed by atoms with E-state index in [0.717, 1.165) is 26.2 Å². The number of benzene rings is 1. The predicted octanol–water partition coefficient (Wildman–Crippen LogP) is 2.36. The molecule has 5 nitrogen and oxygen atoms in total. The Kier molecular flexibility index (Phi) is 10.1. The van der Waals surface area contributed by atoms with Crippen molar-refractivity contribution in [1.29, 1.82) is 0 Å². The van der Waals surface area contributed by atoms with Gasteiger partial charge >= 0.3 is 6.61 Å². The first-order valence-electron chi connectivity index (χ1n) is 6.87. The van der Waals surface area contributed by atoms with Crippen LogP contribution >= 0.6 is 24.8 Å². The summed E-state index contributed by atoms with van der Waals surface area (Å²) in [5.74, 6) is -0.0439. The number of hydrogen-bond acceptors (Lipinski definition) is 4. The summed E-state index contributed by atoms with van der Waals surface area (Å²) in [4.78, 5) is 14.2. The molecule has 1 aliphatic heterocycles. The Morgan fingerprint density at radius 3 is 2.30 bits per heavy atom. The first-order chi connectivity index (χ1) is 10.1. The molecule has 9 heteroatoms. The lowest BCUT2D eigenvalue weighted by atomic mass is 10.2. The van der Waals surface area contributed by atoms with Gasteiger partial charge in [-0.2, -0.15) is 8.78 Å². The molecule has 0 aliphatic carbocycles. The second-order valence-electron chi connectivity index (χ2n) is 4.85. The largest absolute Gasteiger partial charge is 0.435 e. The van der Waals surface area contributed by atoms with Gasteiger partial charge in [-0.1, -0.05) is 0 Å². The Labute approximate surface area is 146 Å². The normalized spacial score (nSPS) is 16.0. The number of halogens is 4. The Bertz CT molecular complexity index is 472. The Balaban J connectivity index is 0.00000242. The summed E-state index contributed by atoms with van der Waals surface area (Å²) in [5, 5.41) is 6.01. The zero-order valence-corrected chi connectivity index (χ0v) is 14.3. The van der Waals surface area contributed by atoms with Crippen LogP contribution in [0.4, 0.5) is 14.5 Å². The minimum absolute atomic E-state index is 0. The molecule has 1 aromatic carbocycles. The molecule has 1 aromatic rings. The number of anilines is 1. The molecule has 1 saturated heterocycles. The van der Waals surface area contributed by atoms with Gasteiger partial charge in [0.05, 0.1) is 6.04 Å². The van der Waals surface area contributed by atoms with Crippen LogP contribution in [-0.2, 0) is 4.79 Å². The van der Waals surface area contributed by atoms with Crippen molar-refractivity contribution in [2.24, 2.45) is 0 Å². The molecule has 23 heavy (non-hydrogen) atoms. The number of carbonyl (C=O) groups is 1. The summed E-state index contributed by atoms with van der Waals surface area (Å²) >= 11 is 0. The van der Waals surface area contributed by atoms with Crippen LogP contribution in [0.5, 0.6) is 5.75 Å². The monoisotopic (exact) mass is 371 g/mol. The zero-order chi connectivity index (χ0) is 15.2. The van der Waals surface area contributed by atoms with Crippen molar-refractivity contribution in [2.45, 2.75) is 19.6 Å². The Morgan fingerprint density at radius 2 is 1.78 bits per heavy atom. The first kappa shape index (κ1) is 21.9. The number of nitrogens with one attached hydrogen (secondary N) is 2. The highest BCUT2D eigenvalue weighted by Gasteiger charge is 2.22. The molecule has 2 N–H and O–H groups in total. The lowest BCUT2D eigenvalue weighted by Crippen LogP contribution is -2.51. The topological polar surface area (TPSA) is 53.6 Å². The highest BCUT2D eigenvalue weighted by molar-refractivity contribution is 5.94. The van der Waals surface area contributed by atoms with Crippen LogP contribution in [-0.4, -0.2) is 49.6 Å². The summed E-state index contributed by atoms with van der Waals surface area (Å²) < 4.78 is 28.3. The number of rotatable bonds is 5. The van der Waals surface area contributed by atoms with E-state index in [9.17, 15) is 13.6 Å². The fraction of sp³-hybridized carbons (Fsp3) is 0.500. The number of carbonyl (C=O) groups excluding carboxylic acids is 1. The molecule has 1 aliphatic rings. The number of nitrogens with zero attached hydrogens (tertiary/aromatic N) is 1. The molecule has 0 bridgehead atoms. The van der Waals surface area contributed by atoms with Crippen LogP contribution in [0.15, 0.2) is 24.3 Å². The first-order valence-corrected chi connectivity index (χ1v) is 6.87. The van der Waals surface area contributed by atoms with Crippen LogP contribution in [0.25, 0.3) is 0 Å². The van der Waals surface area contributed by atoms with Crippen molar-refractivity contribution in [2.75, 3.05) is 31.5 Å². The number of ether oxygens (including phenoxy) is 1. The van der Waals surface area contributed by atoms with Crippen molar-refractivity contribution in [1.82, 2.24) is 10.2 Å². The van der Waals surface area contributed by atoms with Crippen LogP contribution < -0.4 is 15.4 Å². The number of amides is 1. The molecule has 1 heterocycles. The van der Waals surface area contributed by atoms with Crippen molar-refractivity contribution in [3.05, 3.63) is 24.3 Å². The van der Waals surface area contributed by atoms with E-state index in [4.69, 9.17) is 0 Å². The summed E-state index contributed by atoms with van der Waals surface area (Å²) in [7, 11) is 0. The quantitative estimate of drug-likeness (QED) is 0.834. The van der Waals surface area contributed by atoms with Gasteiger partial charge < -0.3 is 15.4 Å². The van der Waals surface area contributed by atoms with Gasteiger partial charge in [-0.15, -0.1) is 24.8 Å². The van der Waals surface area contributed by atoms with E-state index in [2.05, 4.69) is 20.3 Å². The third-order valence-electron chi connectivity index (χ3n) is 3.43. The van der Waals surface area contributed by atoms with Crippen LogP contribution in [0, 0.1) is 0 Å². The molecular weight excluding hydrogens is 351 g/mol. The average molecular weight is 372 g/mol. The molecule has 0 aromatic heterocycles. The van der Waals surface area contributed by atoms with E-state index in [1.54, 1.807) is 12.1 Å². The van der Waals surface area contributed by atoms with Gasteiger partial charge in [0, 0.05) is 31.9 Å². The van der Waals surface area contributed by atoms with Crippen molar-refractivity contribution in [3.8, 4) is 5.75 Å². The van der Waals surface area contributed by atoms with E-state index in [-0.39, 0.29) is 42.5 Å². The lowest BCUT2D eigenvalue weighted by Gasteiger charge is -2.31. The number of hydrogen-bond donors (Lipinski definition) is 2. The fourth-order valence-corrected chi connectivity index (χ4v) is 2.20. The molecule has 0 spiro atoms. The van der Waals surface area contributed by atoms with Gasteiger partial charge in [-0.3, -0.25) is 9.69 Å². The van der Waals surface area contributed by atoms with E-state index in [1.807, 2.05) is 6.92 Å². The molecular formula is C14H21Cl2F2N3O2. The highest BCUT2D eigenvalue weighted by atomic mass is 35.5. The zero-order valence-electron chi connectivity index (χ0n) is 12.6. The number of piperazine rings is 1. The van der Waals surface area contributed by atoms with E-state index in [0.29, 0.717) is 5.69 Å². The van der Waals surface area contributed by atoms with E-state index < -0.39 is 6.61 Å². The standard InChI is InChI=1S/C14H19F2N3O2.2ClH/c1-10(19-8-6-17-7-9-19)13(20)18-11-2-4-12(5-3-11)21-14(15)16;;/h2-5,10,14,17H,6-9H2,1H3,(H,18,20);2*1H. The van der Waals surface area contributed by atoms with Crippen molar-refractivity contribution in [3.63, 3.8) is 0 Å². The van der Waals surface area contributed by atoms with Crippen LogP contribution in [0.3, 0.4) is 0 Å². The molecule has 2 rings (SSSR count). The average Bonchev–Trinajstić information content (AvgIpc) is 2.49. The fourth-order valence-electron chi connectivity index (χ4n) is 2.20. The molecule has 1 unspecified atom stereocenters. The highest BCUT2D eigenvalue weighted by Crippen LogP contribution is 2.18. The maximum Gasteiger partial charge on any atom is 0.387 e. The van der Waals surface area contributed by atoms with Gasteiger partial charge in [0.15, 0.2) is 0 Å². The van der Waals surface area contributed by atoms with Gasteiger partial charge in [-0.05, 0) is 31.2 Å². The maximum atomic E-state index is 12.1. The molecule has 0 saturated carbocycles. The molecule has 132 valence electrons. The van der Waals surface area contributed by atoms with E-state index in [1.165, 1.54) is 12.1 Å². The Hall–Kier alpha value is -1.15. The minimum Gasteiger partial charge on any atom is -0.435 e. The summed E-state index contributed by atoms with van der Waals surface area (Å²) in [6, 6.07) is 5.65. The van der Waals surface area contributed by atoms with Gasteiger partial charge in [0.2, 0.25) is 5.91 Å². The SMILES string of the molecule is CC(C(=O)Nc1ccc(OC(F)F)cc1)N1CCNCC1.Cl.Cl. The predicted molar refractivity (Wildman–Crippen MR) is 90.1 cm³/mol. The van der Waals surface area contributed by atoms with Gasteiger partial charge in [-0.25, -0.2) is 0 Å². The second kappa shape index (κ2) is 10.6. The van der Waals surface area contributed by atoms with Crippen molar-refractivity contribution < 1.29 is 18.3 Å². The second-order valence-corrected chi connectivity index (χ2v) is 4.85. The molecule has 1 amide bonds. The smallest absolute Gasteiger partial charge is 0.387 e. The molecule has 1 atom stereocenters. The number of alkyl halides is 2. The van der Waals surface area contributed by atoms with Crippen LogP contribution in [0.1, 0.15) is 6.92 Å². The van der Waals surface area contributed by atoms with E-state index >= 15 is 0 Å². The summed E-state index contributed by atoms with van der Waals surface area (Å²) in [6.45, 7) is 2.41. The maximum absolute atomic E-state index is 12.1. The molecule has 1 fully saturated rings. The summed E-state index contributed by atoms with van der Waals surface area (Å²) in [5.41, 5.74) is 0.559. The third kappa shape index (κ3) is 6.87. The van der Waals surface area contributed by atoms with Gasteiger partial charge in [0.25, 0.3) is 0 Å². The molecule has 0 radical (unpaired) electrons.